The van der Waals surface area contributed by atoms with Crippen LogP contribution in [0.25, 0.3) is 10.2 Å². The molecule has 1 aromatic heterocycles. The fraction of sp³-hybridized carbons (Fsp3) is 0.610. The molecule has 57 heavy (non-hydrogen) atoms. The van der Waals surface area contributed by atoms with E-state index < -0.39 is 22.7 Å². The highest BCUT2D eigenvalue weighted by molar-refractivity contribution is 7.89. The molecule has 310 valence electrons. The van der Waals surface area contributed by atoms with Gasteiger partial charge in [0.1, 0.15) is 10.9 Å². The molecule has 2 aromatic carbocycles. The highest BCUT2D eigenvalue weighted by Gasteiger charge is 2.36. The molecule has 16 heteroatoms. The van der Waals surface area contributed by atoms with Crippen LogP contribution in [0.3, 0.4) is 0 Å². The normalized spacial score (nSPS) is 19.9. The summed E-state index contributed by atoms with van der Waals surface area (Å²) < 4.78 is 51.5. The number of nitrogens with one attached hydrogen (secondary N) is 2. The zero-order valence-electron chi connectivity index (χ0n) is 33.1. The molecule has 13 nitrogen and oxygen atoms in total. The summed E-state index contributed by atoms with van der Waals surface area (Å²) in [6.45, 7) is 10.3. The van der Waals surface area contributed by atoms with Crippen LogP contribution in [-0.2, 0) is 48.4 Å². The van der Waals surface area contributed by atoms with E-state index in [9.17, 15) is 27.2 Å². The van der Waals surface area contributed by atoms with Crippen molar-refractivity contribution in [3.63, 3.8) is 0 Å². The van der Waals surface area contributed by atoms with E-state index in [1.54, 1.807) is 15.9 Å². The summed E-state index contributed by atoms with van der Waals surface area (Å²) in [6, 6.07) is 10.2. The molecule has 7 rings (SSSR count). The molecule has 0 radical (unpaired) electrons. The van der Waals surface area contributed by atoms with Crippen LogP contribution in [0.1, 0.15) is 55.7 Å². The van der Waals surface area contributed by atoms with Crippen molar-refractivity contribution in [2.45, 2.75) is 69.7 Å². The summed E-state index contributed by atoms with van der Waals surface area (Å²) in [5, 5.41) is 4.04. The fourth-order valence-corrected chi connectivity index (χ4v) is 10.9. The maximum atomic E-state index is 14.6. The largest absolute Gasteiger partial charge is 0.383 e. The second-order valence-corrected chi connectivity index (χ2v) is 19.5. The predicted molar refractivity (Wildman–Crippen MR) is 218 cm³/mol. The molecule has 1 atom stereocenters. The van der Waals surface area contributed by atoms with E-state index in [4.69, 9.17) is 9.72 Å². The highest BCUT2D eigenvalue weighted by Crippen LogP contribution is 2.38. The molecule has 0 spiro atoms. The number of fused-ring (bicyclic) bond motifs is 2. The number of carbonyl (C=O) groups excluding carboxylic acids is 3. The van der Waals surface area contributed by atoms with Crippen LogP contribution in [0.15, 0.2) is 41.3 Å². The molecule has 2 N–H and O–H groups in total. The monoisotopic (exact) mass is 825 g/mol. The molecule has 5 heterocycles. The average molecular weight is 826 g/mol. The SMILES string of the molecule is CC1(C)CNc2c(cc(CCC(=O)N3CCN(C(=O)CN4CCOCC4)CC3)cc2S(=O)(=O)N[C@@H](Cc2nc3ccccc3s2)C(=O)N2CCC(CCF)CC2)C1. The summed E-state index contributed by atoms with van der Waals surface area (Å²) in [4.78, 5) is 52.9. The van der Waals surface area contributed by atoms with Gasteiger partial charge in [-0.15, -0.1) is 11.3 Å². The van der Waals surface area contributed by atoms with E-state index in [0.717, 1.165) is 34.4 Å². The number of piperazine rings is 1. The summed E-state index contributed by atoms with van der Waals surface area (Å²) in [7, 11) is -4.27. The van der Waals surface area contributed by atoms with Gasteiger partial charge in [-0.1, -0.05) is 32.0 Å². The second kappa shape index (κ2) is 18.1. The molecule has 4 aliphatic heterocycles. The predicted octanol–water partition coefficient (Wildman–Crippen LogP) is 3.71. The number of hydrogen-bond acceptors (Lipinski definition) is 10. The Bertz CT molecular complexity index is 1990. The number of carbonyl (C=O) groups is 3. The van der Waals surface area contributed by atoms with Gasteiger partial charge in [-0.25, -0.2) is 13.4 Å². The molecular formula is C41H56FN7O6S2. The van der Waals surface area contributed by atoms with Gasteiger partial charge in [0, 0.05) is 71.7 Å². The van der Waals surface area contributed by atoms with Crippen molar-refractivity contribution < 1.29 is 31.9 Å². The van der Waals surface area contributed by atoms with E-state index in [2.05, 4.69) is 28.8 Å². The number of para-hydroxylation sites is 1. The molecule has 0 unspecified atom stereocenters. The molecule has 3 saturated heterocycles. The Morgan fingerprint density at radius 2 is 1.68 bits per heavy atom. The Kier molecular flexibility index (Phi) is 13.1. The number of aryl methyl sites for hydroxylation is 1. The number of ether oxygens (including phenoxy) is 1. The number of halogens is 1. The summed E-state index contributed by atoms with van der Waals surface area (Å²) in [5.74, 6) is -0.0803. The third-order valence-electron chi connectivity index (χ3n) is 11.8. The number of amides is 3. The van der Waals surface area contributed by atoms with Crippen LogP contribution in [0.2, 0.25) is 0 Å². The minimum Gasteiger partial charge on any atom is -0.383 e. The van der Waals surface area contributed by atoms with Gasteiger partial charge in [-0.3, -0.25) is 23.7 Å². The van der Waals surface area contributed by atoms with E-state index in [-0.39, 0.29) is 46.8 Å². The first-order chi connectivity index (χ1) is 27.4. The van der Waals surface area contributed by atoms with Gasteiger partial charge in [-0.05, 0) is 72.8 Å². The quantitative estimate of drug-likeness (QED) is 0.264. The van der Waals surface area contributed by atoms with Crippen LogP contribution in [-0.4, -0.2) is 142 Å². The fourth-order valence-electron chi connectivity index (χ4n) is 8.43. The molecule has 0 aliphatic carbocycles. The zero-order valence-corrected chi connectivity index (χ0v) is 34.8. The van der Waals surface area contributed by atoms with Gasteiger partial charge in [0.15, 0.2) is 0 Å². The van der Waals surface area contributed by atoms with Gasteiger partial charge in [-0.2, -0.15) is 4.72 Å². The lowest BCUT2D eigenvalue weighted by molar-refractivity contribution is -0.140. The summed E-state index contributed by atoms with van der Waals surface area (Å²) >= 11 is 1.44. The molecule has 3 aromatic rings. The number of piperidine rings is 1. The molecule has 0 saturated carbocycles. The Balaban J connectivity index is 1.07. The number of thiazole rings is 1. The van der Waals surface area contributed by atoms with E-state index in [1.165, 1.54) is 11.3 Å². The standard InChI is InChI=1S/C41H56FN7O6S2/c1-41(2)26-31-23-30(7-8-37(50)47-15-17-48(18-16-47)38(51)27-46-19-21-55-22-20-46)24-35(39(31)43-28-41)57(53,54)45-33(25-36-44-32-5-3-4-6-34(32)56-36)40(52)49-13-10-29(9-12-42)11-14-49/h3-6,23-24,29,33,43,45H,7-22,25-28H2,1-2H3/t33-/m0/s1. The third-order valence-corrected chi connectivity index (χ3v) is 14.3. The molecule has 4 aliphatic rings. The van der Waals surface area contributed by atoms with Crippen LogP contribution in [0, 0.1) is 11.3 Å². The first kappa shape index (κ1) is 41.5. The number of morpholine rings is 1. The number of benzene rings is 2. The zero-order chi connectivity index (χ0) is 40.2. The van der Waals surface area contributed by atoms with Crippen molar-refractivity contribution in [3.8, 4) is 0 Å². The molecular weight excluding hydrogens is 770 g/mol. The van der Waals surface area contributed by atoms with Crippen molar-refractivity contribution >= 4 is 55.0 Å². The maximum absolute atomic E-state index is 14.6. The first-order valence-corrected chi connectivity index (χ1v) is 22.6. The average Bonchev–Trinajstić information content (AvgIpc) is 3.62. The number of alkyl halides is 1. The third kappa shape index (κ3) is 10.3. The van der Waals surface area contributed by atoms with E-state index >= 15 is 0 Å². The number of rotatable bonds is 13. The Labute approximate surface area is 339 Å². The van der Waals surface area contributed by atoms with Gasteiger partial charge < -0.3 is 24.8 Å². The smallest absolute Gasteiger partial charge is 0.243 e. The van der Waals surface area contributed by atoms with Crippen LogP contribution >= 0.6 is 11.3 Å². The summed E-state index contributed by atoms with van der Waals surface area (Å²) in [5.41, 5.74) is 2.76. The van der Waals surface area contributed by atoms with Crippen molar-refractivity contribution in [3.05, 3.63) is 52.5 Å². The lowest BCUT2D eigenvalue weighted by Crippen LogP contribution is -2.53. The Morgan fingerprint density at radius 1 is 0.982 bits per heavy atom. The molecule has 3 fully saturated rings. The van der Waals surface area contributed by atoms with Crippen LogP contribution < -0.4 is 10.0 Å². The van der Waals surface area contributed by atoms with Gasteiger partial charge in [0.2, 0.25) is 27.7 Å². The minimum absolute atomic E-state index is 0.0363. The topological polar surface area (TPSA) is 144 Å². The number of aromatic nitrogens is 1. The van der Waals surface area contributed by atoms with Crippen molar-refractivity contribution in [1.82, 2.24) is 29.3 Å². The molecule has 3 amide bonds. The molecule has 0 bridgehead atoms. The van der Waals surface area contributed by atoms with Gasteiger partial charge in [0.25, 0.3) is 0 Å². The first-order valence-electron chi connectivity index (χ1n) is 20.3. The van der Waals surface area contributed by atoms with Gasteiger partial charge in [0.05, 0.1) is 47.3 Å². The Morgan fingerprint density at radius 3 is 2.39 bits per heavy atom. The minimum atomic E-state index is -4.27. The van der Waals surface area contributed by atoms with Gasteiger partial charge >= 0.3 is 0 Å². The maximum Gasteiger partial charge on any atom is 0.243 e. The number of likely N-dealkylation sites (tertiary alicyclic amines) is 1. The number of nitrogens with zero attached hydrogens (tertiary/aromatic N) is 5. The second-order valence-electron chi connectivity index (χ2n) is 16.7. The summed E-state index contributed by atoms with van der Waals surface area (Å²) in [6.07, 6.45) is 3.08. The van der Waals surface area contributed by atoms with Crippen LogP contribution in [0.5, 0.6) is 0 Å². The number of sulfonamides is 1. The van der Waals surface area contributed by atoms with Crippen molar-refractivity contribution in [2.24, 2.45) is 11.3 Å². The highest BCUT2D eigenvalue weighted by atomic mass is 32.2. The van der Waals surface area contributed by atoms with Crippen LogP contribution in [0.4, 0.5) is 10.1 Å². The number of hydrogen-bond donors (Lipinski definition) is 2. The van der Waals surface area contributed by atoms with E-state index in [1.807, 2.05) is 35.2 Å². The lowest BCUT2D eigenvalue weighted by atomic mass is 9.81. The lowest BCUT2D eigenvalue weighted by Gasteiger charge is -2.36. The number of anilines is 1. The van der Waals surface area contributed by atoms with Crippen molar-refractivity contribution in [2.75, 3.05) is 90.7 Å². The van der Waals surface area contributed by atoms with E-state index in [0.29, 0.717) is 108 Å². The van der Waals surface area contributed by atoms with Crippen molar-refractivity contribution in [1.29, 1.82) is 0 Å². The Hall–Kier alpha value is -3.70.